The quantitative estimate of drug-likeness (QED) is 0.287. The zero-order valence-corrected chi connectivity index (χ0v) is 18.2. The number of nitrogens with one attached hydrogen (secondary N) is 2. The van der Waals surface area contributed by atoms with E-state index >= 15 is 0 Å². The number of rotatable bonds is 6. The van der Waals surface area contributed by atoms with Gasteiger partial charge in [0, 0.05) is 25.1 Å². The number of halogens is 1. The van der Waals surface area contributed by atoms with Gasteiger partial charge < -0.3 is 15.4 Å². The van der Waals surface area contributed by atoms with Crippen molar-refractivity contribution >= 4 is 41.7 Å². The highest BCUT2D eigenvalue weighted by Crippen LogP contribution is 2.39. The molecule has 2 N–H and O–H groups in total. The lowest BCUT2D eigenvalue weighted by atomic mass is 9.90. The van der Waals surface area contributed by atoms with Crippen LogP contribution in [0.1, 0.15) is 45.2 Å². The summed E-state index contributed by atoms with van der Waals surface area (Å²) in [4.78, 5) is 4.71. The molecular weight excluding hydrogens is 433 g/mol. The van der Waals surface area contributed by atoms with E-state index in [0.29, 0.717) is 0 Å². The van der Waals surface area contributed by atoms with E-state index in [4.69, 9.17) is 9.73 Å². The fourth-order valence-electron chi connectivity index (χ4n) is 2.82. The number of thioether (sulfide) groups is 1. The Morgan fingerprint density at radius 3 is 2.83 bits per heavy atom. The van der Waals surface area contributed by atoms with E-state index in [0.717, 1.165) is 43.4 Å². The number of ether oxygens (including phenoxy) is 1. The van der Waals surface area contributed by atoms with Crippen molar-refractivity contribution in [1.82, 2.24) is 10.6 Å². The summed E-state index contributed by atoms with van der Waals surface area (Å²) in [5, 5.41) is 6.95. The van der Waals surface area contributed by atoms with Crippen LogP contribution in [0.3, 0.4) is 0 Å². The van der Waals surface area contributed by atoms with E-state index in [9.17, 15) is 0 Å². The maximum absolute atomic E-state index is 6.10. The van der Waals surface area contributed by atoms with Crippen molar-refractivity contribution in [3.8, 4) is 5.75 Å². The number of hydrogen-bond donors (Lipinski definition) is 2. The molecule has 0 bridgehead atoms. The molecule has 0 spiro atoms. The van der Waals surface area contributed by atoms with Crippen LogP contribution in [0, 0.1) is 0 Å². The molecule has 6 heteroatoms. The average Bonchev–Trinajstić information content (AvgIpc) is 2.50. The predicted molar refractivity (Wildman–Crippen MR) is 116 cm³/mol. The number of fused-ring (bicyclic) bond motifs is 1. The highest BCUT2D eigenvalue weighted by atomic mass is 127. The normalized spacial score (nSPS) is 18.8. The fourth-order valence-corrected chi connectivity index (χ4v) is 3.23. The number of benzene rings is 1. The highest BCUT2D eigenvalue weighted by Gasteiger charge is 2.33. The lowest BCUT2D eigenvalue weighted by Gasteiger charge is -2.38. The van der Waals surface area contributed by atoms with E-state index in [2.05, 4.69) is 49.8 Å². The second-order valence-electron chi connectivity index (χ2n) is 6.41. The van der Waals surface area contributed by atoms with E-state index in [1.165, 1.54) is 5.56 Å². The number of para-hydroxylation sites is 1. The molecule has 1 heterocycles. The number of nitrogens with zero attached hydrogens (tertiary/aromatic N) is 1. The van der Waals surface area contributed by atoms with Gasteiger partial charge in [-0.1, -0.05) is 18.2 Å². The summed E-state index contributed by atoms with van der Waals surface area (Å²) in [6.45, 7) is 8.09. The van der Waals surface area contributed by atoms with Crippen molar-refractivity contribution in [2.75, 3.05) is 25.1 Å². The van der Waals surface area contributed by atoms with Crippen molar-refractivity contribution in [2.24, 2.45) is 4.99 Å². The van der Waals surface area contributed by atoms with E-state index in [-0.39, 0.29) is 35.6 Å². The van der Waals surface area contributed by atoms with Gasteiger partial charge in [0.1, 0.15) is 11.4 Å². The summed E-state index contributed by atoms with van der Waals surface area (Å²) in [7, 11) is 0. The molecule has 1 atom stereocenters. The average molecular weight is 463 g/mol. The van der Waals surface area contributed by atoms with Gasteiger partial charge in [0.25, 0.3) is 0 Å². The van der Waals surface area contributed by atoms with E-state index < -0.39 is 0 Å². The van der Waals surface area contributed by atoms with Crippen LogP contribution < -0.4 is 15.4 Å². The molecule has 2 rings (SSSR count). The van der Waals surface area contributed by atoms with Crippen molar-refractivity contribution < 1.29 is 4.74 Å². The lowest BCUT2D eigenvalue weighted by molar-refractivity contribution is 0.0694. The van der Waals surface area contributed by atoms with Gasteiger partial charge in [-0.25, -0.2) is 0 Å². The summed E-state index contributed by atoms with van der Waals surface area (Å²) >= 11 is 1.87. The summed E-state index contributed by atoms with van der Waals surface area (Å²) < 4.78 is 6.10. The van der Waals surface area contributed by atoms with Crippen LogP contribution in [0.5, 0.6) is 5.75 Å². The smallest absolute Gasteiger partial charge is 0.191 e. The molecule has 136 valence electrons. The van der Waals surface area contributed by atoms with Gasteiger partial charge in [0.05, 0.1) is 6.04 Å². The Bertz CT molecular complexity index is 537. The summed E-state index contributed by atoms with van der Waals surface area (Å²) in [6.07, 6.45) is 4.15. The van der Waals surface area contributed by atoms with Crippen LogP contribution in [0.25, 0.3) is 0 Å². The first kappa shape index (κ1) is 21.4. The number of guanidine groups is 1. The Morgan fingerprint density at radius 1 is 1.38 bits per heavy atom. The summed E-state index contributed by atoms with van der Waals surface area (Å²) in [5.41, 5.74) is 1.03. The Labute approximate surface area is 167 Å². The van der Waals surface area contributed by atoms with E-state index in [1.54, 1.807) is 0 Å². The maximum atomic E-state index is 6.10. The van der Waals surface area contributed by atoms with Gasteiger partial charge in [-0.05, 0) is 45.3 Å². The third-order valence-corrected chi connectivity index (χ3v) is 4.50. The minimum absolute atomic E-state index is 0. The highest BCUT2D eigenvalue weighted by molar-refractivity contribution is 14.0. The van der Waals surface area contributed by atoms with Gasteiger partial charge in [0.15, 0.2) is 5.96 Å². The molecular formula is C18H30IN3OS. The first-order valence-electron chi connectivity index (χ1n) is 8.37. The molecule has 0 aliphatic carbocycles. The van der Waals surface area contributed by atoms with Crippen molar-refractivity contribution in [3.05, 3.63) is 29.8 Å². The monoisotopic (exact) mass is 463 g/mol. The van der Waals surface area contributed by atoms with Crippen LogP contribution in [0.15, 0.2) is 29.3 Å². The standard InChI is InChI=1S/C18H29N3OS.HI/c1-5-19-17(20-11-8-12-23-4)21-15-13-18(2,3)22-16-10-7-6-9-14(15)16;/h6-7,9-10,15H,5,8,11-13H2,1-4H3,(H2,19,20,21);1H. The first-order valence-corrected chi connectivity index (χ1v) is 9.77. The van der Waals surface area contributed by atoms with Crippen molar-refractivity contribution in [3.63, 3.8) is 0 Å². The third-order valence-electron chi connectivity index (χ3n) is 3.81. The molecule has 1 aromatic rings. The van der Waals surface area contributed by atoms with Crippen LogP contribution in [-0.2, 0) is 0 Å². The molecule has 4 nitrogen and oxygen atoms in total. The molecule has 1 aliphatic heterocycles. The molecule has 24 heavy (non-hydrogen) atoms. The van der Waals surface area contributed by atoms with Gasteiger partial charge in [0.2, 0.25) is 0 Å². The molecule has 1 aliphatic rings. The third kappa shape index (κ3) is 6.35. The topological polar surface area (TPSA) is 45.7 Å². The summed E-state index contributed by atoms with van der Waals surface area (Å²) in [6, 6.07) is 8.50. The molecule has 0 radical (unpaired) electrons. The van der Waals surface area contributed by atoms with Gasteiger partial charge in [-0.3, -0.25) is 4.99 Å². The molecule has 0 saturated carbocycles. The number of aliphatic imine (C=N–C) groups is 1. The van der Waals surface area contributed by atoms with Gasteiger partial charge >= 0.3 is 0 Å². The Hall–Kier alpha value is -0.630. The Morgan fingerprint density at radius 2 is 2.12 bits per heavy atom. The second-order valence-corrected chi connectivity index (χ2v) is 7.39. The Balaban J connectivity index is 0.00000288. The van der Waals surface area contributed by atoms with Crippen LogP contribution in [-0.4, -0.2) is 36.7 Å². The SMILES string of the molecule is CCNC(=NCCCSC)NC1CC(C)(C)Oc2ccccc21.I. The molecule has 0 aromatic heterocycles. The van der Waals surface area contributed by atoms with Crippen molar-refractivity contribution in [1.29, 1.82) is 0 Å². The van der Waals surface area contributed by atoms with Gasteiger partial charge in [-0.2, -0.15) is 11.8 Å². The molecule has 1 aromatic carbocycles. The lowest BCUT2D eigenvalue weighted by Crippen LogP contribution is -2.45. The zero-order valence-electron chi connectivity index (χ0n) is 15.1. The fraction of sp³-hybridized carbons (Fsp3) is 0.611. The van der Waals surface area contributed by atoms with Crippen LogP contribution in [0.2, 0.25) is 0 Å². The van der Waals surface area contributed by atoms with Crippen LogP contribution in [0.4, 0.5) is 0 Å². The predicted octanol–water partition coefficient (Wildman–Crippen LogP) is 4.22. The first-order chi connectivity index (χ1) is 11.1. The zero-order chi connectivity index (χ0) is 16.7. The van der Waals surface area contributed by atoms with Crippen molar-refractivity contribution in [2.45, 2.75) is 45.3 Å². The number of hydrogen-bond acceptors (Lipinski definition) is 3. The molecule has 0 saturated heterocycles. The molecule has 0 amide bonds. The van der Waals surface area contributed by atoms with E-state index in [1.807, 2.05) is 23.9 Å². The van der Waals surface area contributed by atoms with Gasteiger partial charge in [-0.15, -0.1) is 24.0 Å². The summed E-state index contributed by atoms with van der Waals surface area (Å²) in [5.74, 6) is 3.02. The largest absolute Gasteiger partial charge is 0.487 e. The maximum Gasteiger partial charge on any atom is 0.191 e. The van der Waals surface area contributed by atoms with Crippen LogP contribution >= 0.6 is 35.7 Å². The molecule has 0 fully saturated rings. The Kier molecular flexibility index (Phi) is 9.26. The second kappa shape index (κ2) is 10.4. The molecule has 1 unspecified atom stereocenters. The minimum Gasteiger partial charge on any atom is -0.487 e. The minimum atomic E-state index is -0.178.